The standard InChI is InChI=1S/C14H23NO5/c1-8-9(2)20-10(3)13(8)14(18)15-4-5-19-7-11(15)6-12(16)17/h8-11,13H,4-7H2,1-3H3,(H,16,17). The Bertz CT molecular complexity index is 386. The average molecular weight is 285 g/mol. The van der Waals surface area contributed by atoms with Gasteiger partial charge in [0, 0.05) is 6.54 Å². The van der Waals surface area contributed by atoms with Gasteiger partial charge >= 0.3 is 5.97 Å². The predicted molar refractivity (Wildman–Crippen MR) is 71.2 cm³/mol. The van der Waals surface area contributed by atoms with E-state index in [1.165, 1.54) is 0 Å². The maximum absolute atomic E-state index is 12.8. The molecule has 2 fully saturated rings. The van der Waals surface area contributed by atoms with E-state index in [4.69, 9.17) is 14.6 Å². The monoisotopic (exact) mass is 285 g/mol. The molecule has 0 aromatic carbocycles. The molecule has 2 aliphatic heterocycles. The van der Waals surface area contributed by atoms with Crippen molar-refractivity contribution in [2.24, 2.45) is 11.8 Å². The molecule has 2 heterocycles. The van der Waals surface area contributed by atoms with E-state index in [2.05, 4.69) is 0 Å². The quantitative estimate of drug-likeness (QED) is 0.828. The van der Waals surface area contributed by atoms with Crippen LogP contribution in [0.2, 0.25) is 0 Å². The Morgan fingerprint density at radius 1 is 1.25 bits per heavy atom. The molecule has 2 saturated heterocycles. The summed E-state index contributed by atoms with van der Waals surface area (Å²) in [5, 5.41) is 8.96. The van der Waals surface area contributed by atoms with Gasteiger partial charge in [-0.15, -0.1) is 0 Å². The van der Waals surface area contributed by atoms with E-state index in [9.17, 15) is 9.59 Å². The summed E-state index contributed by atoms with van der Waals surface area (Å²) >= 11 is 0. The molecule has 0 aromatic rings. The van der Waals surface area contributed by atoms with Crippen LogP contribution in [0, 0.1) is 11.8 Å². The fraction of sp³-hybridized carbons (Fsp3) is 0.857. The topological polar surface area (TPSA) is 76.1 Å². The highest BCUT2D eigenvalue weighted by Gasteiger charge is 2.45. The molecular weight excluding hydrogens is 262 g/mol. The Morgan fingerprint density at radius 2 is 1.95 bits per heavy atom. The van der Waals surface area contributed by atoms with E-state index in [0.29, 0.717) is 19.8 Å². The second-order valence-electron chi connectivity index (χ2n) is 5.79. The van der Waals surface area contributed by atoms with Crippen LogP contribution in [0.5, 0.6) is 0 Å². The van der Waals surface area contributed by atoms with Crippen LogP contribution in [-0.2, 0) is 19.1 Å². The number of carbonyl (C=O) groups is 2. The zero-order chi connectivity index (χ0) is 14.9. The van der Waals surface area contributed by atoms with Gasteiger partial charge in [0.25, 0.3) is 0 Å². The molecule has 0 radical (unpaired) electrons. The Hall–Kier alpha value is -1.14. The number of nitrogens with zero attached hydrogens (tertiary/aromatic N) is 1. The van der Waals surface area contributed by atoms with Crippen LogP contribution in [0.3, 0.4) is 0 Å². The SMILES string of the molecule is CC1OC(C)C(C(=O)N2CCOCC2CC(=O)O)C1C. The van der Waals surface area contributed by atoms with Gasteiger partial charge in [0.2, 0.25) is 5.91 Å². The number of hydrogen-bond donors (Lipinski definition) is 1. The molecule has 6 heteroatoms. The second-order valence-corrected chi connectivity index (χ2v) is 5.79. The van der Waals surface area contributed by atoms with E-state index in [1.54, 1.807) is 4.90 Å². The van der Waals surface area contributed by atoms with E-state index in [0.717, 1.165) is 0 Å². The van der Waals surface area contributed by atoms with Crippen molar-refractivity contribution in [2.45, 2.75) is 45.4 Å². The lowest BCUT2D eigenvalue weighted by molar-refractivity contribution is -0.150. The summed E-state index contributed by atoms with van der Waals surface area (Å²) in [6.07, 6.45) is -0.142. The summed E-state index contributed by atoms with van der Waals surface area (Å²) in [7, 11) is 0. The molecule has 0 aliphatic carbocycles. The maximum Gasteiger partial charge on any atom is 0.305 e. The number of ether oxygens (including phenoxy) is 2. The molecule has 5 unspecified atom stereocenters. The Kier molecular flexibility index (Phi) is 4.65. The molecular formula is C14H23NO5. The van der Waals surface area contributed by atoms with E-state index < -0.39 is 5.97 Å². The van der Waals surface area contributed by atoms with Gasteiger partial charge < -0.3 is 19.5 Å². The molecule has 2 aliphatic rings. The predicted octanol–water partition coefficient (Wildman–Crippen LogP) is 0.748. The number of amides is 1. The Balaban J connectivity index is 2.11. The number of rotatable bonds is 3. The fourth-order valence-electron chi connectivity index (χ4n) is 3.20. The third-order valence-electron chi connectivity index (χ3n) is 4.45. The minimum atomic E-state index is -0.907. The van der Waals surface area contributed by atoms with E-state index >= 15 is 0 Å². The smallest absolute Gasteiger partial charge is 0.305 e. The first-order valence-corrected chi connectivity index (χ1v) is 7.17. The molecule has 0 spiro atoms. The molecule has 0 aromatic heterocycles. The van der Waals surface area contributed by atoms with Crippen LogP contribution < -0.4 is 0 Å². The molecule has 5 atom stereocenters. The number of carbonyl (C=O) groups excluding carboxylic acids is 1. The number of morpholine rings is 1. The summed E-state index contributed by atoms with van der Waals surface area (Å²) in [5.74, 6) is -0.954. The average Bonchev–Trinajstić information content (AvgIpc) is 2.62. The van der Waals surface area contributed by atoms with Crippen LogP contribution in [0.1, 0.15) is 27.2 Å². The normalized spacial score (nSPS) is 38.0. The largest absolute Gasteiger partial charge is 0.481 e. The van der Waals surface area contributed by atoms with E-state index in [1.807, 2.05) is 20.8 Å². The molecule has 114 valence electrons. The third kappa shape index (κ3) is 2.96. The first-order valence-electron chi connectivity index (χ1n) is 7.17. The summed E-state index contributed by atoms with van der Waals surface area (Å²) in [5.41, 5.74) is 0. The van der Waals surface area contributed by atoms with Gasteiger partial charge in [-0.3, -0.25) is 9.59 Å². The zero-order valence-electron chi connectivity index (χ0n) is 12.2. The third-order valence-corrected chi connectivity index (χ3v) is 4.45. The van der Waals surface area contributed by atoms with Crippen molar-refractivity contribution in [1.29, 1.82) is 0 Å². The summed E-state index contributed by atoms with van der Waals surface area (Å²) in [6.45, 7) is 7.12. The van der Waals surface area contributed by atoms with Crippen LogP contribution in [0.25, 0.3) is 0 Å². The van der Waals surface area contributed by atoms with Gasteiger partial charge in [-0.2, -0.15) is 0 Å². The van der Waals surface area contributed by atoms with Crippen molar-refractivity contribution in [3.63, 3.8) is 0 Å². The summed E-state index contributed by atoms with van der Waals surface area (Å²) < 4.78 is 11.0. The van der Waals surface area contributed by atoms with Gasteiger partial charge in [-0.25, -0.2) is 0 Å². The fourth-order valence-corrected chi connectivity index (χ4v) is 3.20. The lowest BCUT2D eigenvalue weighted by atomic mass is 9.87. The minimum absolute atomic E-state index is 0.00361. The van der Waals surface area contributed by atoms with Crippen molar-refractivity contribution in [1.82, 2.24) is 4.90 Å². The number of carboxylic acids is 1. The molecule has 0 saturated carbocycles. The lowest BCUT2D eigenvalue weighted by Crippen LogP contribution is -2.53. The van der Waals surface area contributed by atoms with E-state index in [-0.39, 0.29) is 42.4 Å². The molecule has 1 amide bonds. The van der Waals surface area contributed by atoms with Crippen LogP contribution >= 0.6 is 0 Å². The van der Waals surface area contributed by atoms with Crippen molar-refractivity contribution in [3.8, 4) is 0 Å². The number of hydrogen-bond acceptors (Lipinski definition) is 4. The summed E-state index contributed by atoms with van der Waals surface area (Å²) in [4.78, 5) is 25.4. The highest BCUT2D eigenvalue weighted by Crippen LogP contribution is 2.34. The van der Waals surface area contributed by atoms with Crippen molar-refractivity contribution < 1.29 is 24.2 Å². The first-order chi connectivity index (χ1) is 9.41. The molecule has 1 N–H and O–H groups in total. The minimum Gasteiger partial charge on any atom is -0.481 e. The number of carboxylic acid groups (broad SMARTS) is 1. The number of aliphatic carboxylic acids is 1. The highest BCUT2D eigenvalue weighted by molar-refractivity contribution is 5.81. The lowest BCUT2D eigenvalue weighted by Gasteiger charge is -2.37. The van der Waals surface area contributed by atoms with Crippen LogP contribution in [0.15, 0.2) is 0 Å². The highest BCUT2D eigenvalue weighted by atomic mass is 16.5. The summed E-state index contributed by atoms with van der Waals surface area (Å²) in [6, 6.07) is -0.371. The van der Waals surface area contributed by atoms with Gasteiger partial charge in [0.1, 0.15) is 0 Å². The van der Waals surface area contributed by atoms with Gasteiger partial charge in [-0.1, -0.05) is 6.92 Å². The zero-order valence-corrected chi connectivity index (χ0v) is 12.2. The molecule has 6 nitrogen and oxygen atoms in total. The van der Waals surface area contributed by atoms with Crippen molar-refractivity contribution in [3.05, 3.63) is 0 Å². The van der Waals surface area contributed by atoms with Crippen LogP contribution in [-0.4, -0.2) is 59.9 Å². The van der Waals surface area contributed by atoms with Gasteiger partial charge in [0.15, 0.2) is 0 Å². The van der Waals surface area contributed by atoms with Crippen molar-refractivity contribution in [2.75, 3.05) is 19.8 Å². The second kappa shape index (κ2) is 6.10. The molecule has 2 rings (SSSR count). The maximum atomic E-state index is 12.8. The molecule has 20 heavy (non-hydrogen) atoms. The van der Waals surface area contributed by atoms with Crippen LogP contribution in [0.4, 0.5) is 0 Å². The Labute approximate surface area is 119 Å². The first kappa shape index (κ1) is 15.3. The van der Waals surface area contributed by atoms with Gasteiger partial charge in [-0.05, 0) is 19.8 Å². The van der Waals surface area contributed by atoms with Crippen molar-refractivity contribution >= 4 is 11.9 Å². The molecule has 0 bridgehead atoms. The van der Waals surface area contributed by atoms with Gasteiger partial charge in [0.05, 0.1) is 43.8 Å². The Morgan fingerprint density at radius 3 is 2.50 bits per heavy atom.